The quantitative estimate of drug-likeness (QED) is 0.798. The molecular weight excluding hydrogens is 246 g/mol. The van der Waals surface area contributed by atoms with Gasteiger partial charge >= 0.3 is 5.97 Å². The van der Waals surface area contributed by atoms with Crippen molar-refractivity contribution >= 4 is 17.6 Å². The Balaban J connectivity index is 2.44. The van der Waals surface area contributed by atoms with Crippen LogP contribution in [-0.2, 0) is 19.1 Å². The molecular formula is C14H19NO4. The SMILES string of the molecule is CCOCC(=O)O[C@H](C)C(=O)Nc1ccc(C)cc1. The zero-order valence-electron chi connectivity index (χ0n) is 11.4. The lowest BCUT2D eigenvalue weighted by Crippen LogP contribution is -2.31. The van der Waals surface area contributed by atoms with Crippen LogP contribution in [0.5, 0.6) is 0 Å². The molecule has 1 amide bonds. The molecule has 1 rings (SSSR count). The minimum absolute atomic E-state index is 0.140. The predicted molar refractivity (Wildman–Crippen MR) is 71.9 cm³/mol. The standard InChI is InChI=1S/C14H19NO4/c1-4-18-9-13(16)19-11(3)14(17)15-12-7-5-10(2)6-8-12/h5-8,11H,4,9H2,1-3H3,(H,15,17)/t11-/m1/s1. The van der Waals surface area contributed by atoms with Crippen LogP contribution >= 0.6 is 0 Å². The molecule has 0 aromatic heterocycles. The van der Waals surface area contributed by atoms with E-state index < -0.39 is 12.1 Å². The summed E-state index contributed by atoms with van der Waals surface area (Å²) in [5.74, 6) is -0.915. The van der Waals surface area contributed by atoms with Crippen molar-refractivity contribution in [3.05, 3.63) is 29.8 Å². The summed E-state index contributed by atoms with van der Waals surface area (Å²) in [6.45, 7) is 5.55. The van der Waals surface area contributed by atoms with Crippen molar-refractivity contribution < 1.29 is 19.1 Å². The summed E-state index contributed by atoms with van der Waals surface area (Å²) in [6.07, 6.45) is -0.853. The van der Waals surface area contributed by atoms with Gasteiger partial charge in [-0.15, -0.1) is 0 Å². The van der Waals surface area contributed by atoms with Crippen LogP contribution in [-0.4, -0.2) is 31.2 Å². The Morgan fingerprint density at radius 3 is 2.47 bits per heavy atom. The van der Waals surface area contributed by atoms with Crippen LogP contribution in [0, 0.1) is 6.92 Å². The lowest BCUT2D eigenvalue weighted by molar-refractivity contribution is -0.157. The largest absolute Gasteiger partial charge is 0.451 e. The van der Waals surface area contributed by atoms with Crippen molar-refractivity contribution in [3.8, 4) is 0 Å². The summed E-state index contributed by atoms with van der Waals surface area (Å²) >= 11 is 0. The number of anilines is 1. The van der Waals surface area contributed by atoms with Gasteiger partial charge in [0, 0.05) is 12.3 Å². The van der Waals surface area contributed by atoms with Gasteiger partial charge in [-0.2, -0.15) is 0 Å². The first-order valence-corrected chi connectivity index (χ1v) is 6.17. The Hall–Kier alpha value is -1.88. The fourth-order valence-corrected chi connectivity index (χ4v) is 1.35. The first-order chi connectivity index (χ1) is 9.02. The third-order valence-electron chi connectivity index (χ3n) is 2.42. The molecule has 0 bridgehead atoms. The maximum Gasteiger partial charge on any atom is 0.332 e. The van der Waals surface area contributed by atoms with Crippen molar-refractivity contribution in [1.29, 1.82) is 0 Å². The number of ether oxygens (including phenoxy) is 2. The van der Waals surface area contributed by atoms with Crippen molar-refractivity contribution in [2.45, 2.75) is 26.9 Å². The van der Waals surface area contributed by atoms with Gasteiger partial charge in [-0.25, -0.2) is 4.79 Å². The fourth-order valence-electron chi connectivity index (χ4n) is 1.35. The molecule has 1 N–H and O–H groups in total. The van der Waals surface area contributed by atoms with E-state index in [1.807, 2.05) is 19.1 Å². The van der Waals surface area contributed by atoms with Gasteiger partial charge in [0.05, 0.1) is 0 Å². The van der Waals surface area contributed by atoms with Crippen molar-refractivity contribution in [2.75, 3.05) is 18.5 Å². The summed E-state index contributed by atoms with van der Waals surface area (Å²) in [5.41, 5.74) is 1.78. The molecule has 0 aliphatic carbocycles. The molecule has 0 aliphatic rings. The Labute approximate surface area is 112 Å². The Bertz CT molecular complexity index is 428. The number of amides is 1. The molecule has 0 spiro atoms. The molecule has 104 valence electrons. The van der Waals surface area contributed by atoms with E-state index in [1.165, 1.54) is 6.92 Å². The van der Waals surface area contributed by atoms with E-state index in [2.05, 4.69) is 5.32 Å². The van der Waals surface area contributed by atoms with Gasteiger partial charge in [-0.05, 0) is 32.9 Å². The molecule has 0 aliphatic heterocycles. The number of benzene rings is 1. The minimum atomic E-state index is -0.853. The summed E-state index contributed by atoms with van der Waals surface area (Å²) in [6, 6.07) is 7.37. The average Bonchev–Trinajstić information content (AvgIpc) is 2.39. The fraction of sp³-hybridized carbons (Fsp3) is 0.429. The lowest BCUT2D eigenvalue weighted by Gasteiger charge is -2.13. The molecule has 0 fully saturated rings. The van der Waals surface area contributed by atoms with Crippen molar-refractivity contribution in [2.24, 2.45) is 0 Å². The average molecular weight is 265 g/mol. The van der Waals surface area contributed by atoms with Crippen LogP contribution in [0.15, 0.2) is 24.3 Å². The van der Waals surface area contributed by atoms with Gasteiger partial charge in [0.25, 0.3) is 5.91 Å². The van der Waals surface area contributed by atoms with E-state index in [9.17, 15) is 9.59 Å². The summed E-state index contributed by atoms with van der Waals surface area (Å²) in [4.78, 5) is 23.1. The van der Waals surface area contributed by atoms with E-state index in [1.54, 1.807) is 19.1 Å². The highest BCUT2D eigenvalue weighted by Crippen LogP contribution is 2.09. The number of aryl methyl sites for hydroxylation is 1. The number of carbonyl (C=O) groups is 2. The zero-order valence-corrected chi connectivity index (χ0v) is 11.4. The number of nitrogens with one attached hydrogen (secondary N) is 1. The van der Waals surface area contributed by atoms with E-state index in [4.69, 9.17) is 9.47 Å². The number of esters is 1. The summed E-state index contributed by atoms with van der Waals surface area (Å²) in [7, 11) is 0. The first-order valence-electron chi connectivity index (χ1n) is 6.17. The molecule has 19 heavy (non-hydrogen) atoms. The van der Waals surface area contributed by atoms with Gasteiger partial charge in [0.2, 0.25) is 0 Å². The van der Waals surface area contributed by atoms with E-state index in [-0.39, 0.29) is 12.5 Å². The second-order valence-corrected chi connectivity index (χ2v) is 4.12. The number of hydrogen-bond donors (Lipinski definition) is 1. The van der Waals surface area contributed by atoms with Crippen LogP contribution < -0.4 is 5.32 Å². The highest BCUT2D eigenvalue weighted by atomic mass is 16.6. The van der Waals surface area contributed by atoms with Gasteiger partial charge in [0.1, 0.15) is 6.61 Å². The molecule has 0 saturated heterocycles. The molecule has 5 nitrogen and oxygen atoms in total. The molecule has 0 saturated carbocycles. The first kappa shape index (κ1) is 15.2. The van der Waals surface area contributed by atoms with Crippen LogP contribution in [0.25, 0.3) is 0 Å². The molecule has 1 atom stereocenters. The van der Waals surface area contributed by atoms with Crippen LogP contribution in [0.3, 0.4) is 0 Å². The van der Waals surface area contributed by atoms with E-state index in [0.717, 1.165) is 5.56 Å². The minimum Gasteiger partial charge on any atom is -0.451 e. The number of carbonyl (C=O) groups excluding carboxylic acids is 2. The molecule has 0 unspecified atom stereocenters. The Kier molecular flexibility index (Phi) is 6.02. The van der Waals surface area contributed by atoms with Gasteiger partial charge in [0.15, 0.2) is 6.10 Å². The highest BCUT2D eigenvalue weighted by molar-refractivity contribution is 5.95. The van der Waals surface area contributed by atoms with E-state index >= 15 is 0 Å². The van der Waals surface area contributed by atoms with Gasteiger partial charge in [-0.3, -0.25) is 4.79 Å². The van der Waals surface area contributed by atoms with E-state index in [0.29, 0.717) is 12.3 Å². The molecule has 0 radical (unpaired) electrons. The smallest absolute Gasteiger partial charge is 0.332 e. The number of hydrogen-bond acceptors (Lipinski definition) is 4. The maximum atomic E-state index is 11.8. The maximum absolute atomic E-state index is 11.8. The predicted octanol–water partition coefficient (Wildman–Crippen LogP) is 1.90. The molecule has 1 aromatic rings. The van der Waals surface area contributed by atoms with Crippen LogP contribution in [0.1, 0.15) is 19.4 Å². The normalized spacial score (nSPS) is 11.7. The van der Waals surface area contributed by atoms with Gasteiger partial charge < -0.3 is 14.8 Å². The van der Waals surface area contributed by atoms with Crippen LogP contribution in [0.2, 0.25) is 0 Å². The summed E-state index contributed by atoms with van der Waals surface area (Å²) < 4.78 is 9.84. The topological polar surface area (TPSA) is 64.6 Å². The molecule has 5 heteroatoms. The third-order valence-corrected chi connectivity index (χ3v) is 2.42. The highest BCUT2D eigenvalue weighted by Gasteiger charge is 2.17. The monoisotopic (exact) mass is 265 g/mol. The van der Waals surface area contributed by atoms with Crippen molar-refractivity contribution in [1.82, 2.24) is 0 Å². The van der Waals surface area contributed by atoms with Crippen LogP contribution in [0.4, 0.5) is 5.69 Å². The summed E-state index contributed by atoms with van der Waals surface area (Å²) in [5, 5.41) is 2.67. The Morgan fingerprint density at radius 1 is 1.26 bits per heavy atom. The molecule has 0 heterocycles. The molecule has 1 aromatic carbocycles. The van der Waals surface area contributed by atoms with Crippen molar-refractivity contribution in [3.63, 3.8) is 0 Å². The second kappa shape index (κ2) is 7.53. The Morgan fingerprint density at radius 2 is 1.89 bits per heavy atom. The van der Waals surface area contributed by atoms with Gasteiger partial charge in [-0.1, -0.05) is 17.7 Å². The lowest BCUT2D eigenvalue weighted by atomic mass is 10.2. The zero-order chi connectivity index (χ0) is 14.3. The third kappa shape index (κ3) is 5.52. The second-order valence-electron chi connectivity index (χ2n) is 4.12. The number of rotatable bonds is 6.